The zero-order valence-corrected chi connectivity index (χ0v) is 14.8. The first-order chi connectivity index (χ1) is 11.1. The summed E-state index contributed by atoms with van der Waals surface area (Å²) in [6.45, 7) is 2.05. The highest BCUT2D eigenvalue weighted by Crippen LogP contribution is 2.33. The molecule has 1 atom stereocenters. The number of fused-ring (bicyclic) bond motifs is 2. The van der Waals surface area contributed by atoms with Crippen LogP contribution in [0, 0.1) is 0 Å². The van der Waals surface area contributed by atoms with E-state index in [0.29, 0.717) is 0 Å². The van der Waals surface area contributed by atoms with Crippen molar-refractivity contribution in [3.05, 3.63) is 50.7 Å². The SMILES string of the molecule is C[C@@H](c1nc2ccccc2s1)N(C)C(=O)c1cc2c(s1)CCC2. The van der Waals surface area contributed by atoms with Gasteiger partial charge in [0, 0.05) is 11.9 Å². The lowest BCUT2D eigenvalue weighted by Gasteiger charge is -2.22. The van der Waals surface area contributed by atoms with Gasteiger partial charge < -0.3 is 4.90 Å². The van der Waals surface area contributed by atoms with E-state index in [1.54, 1.807) is 22.7 Å². The average molecular weight is 342 g/mol. The Morgan fingerprint density at radius 1 is 1.26 bits per heavy atom. The molecule has 4 rings (SSSR count). The van der Waals surface area contributed by atoms with Gasteiger partial charge in [0.2, 0.25) is 0 Å². The standard InChI is InChI=1S/C18H18N2OS2/c1-11(17-19-13-7-3-4-8-15(13)23-17)20(2)18(21)16-10-12-6-5-9-14(12)22-16/h3-4,7-8,10-11H,5-6,9H2,1-2H3/t11-/m0/s1. The number of hydrogen-bond acceptors (Lipinski definition) is 4. The van der Waals surface area contributed by atoms with Gasteiger partial charge in [-0.2, -0.15) is 0 Å². The predicted octanol–water partition coefficient (Wildman–Crippen LogP) is 4.68. The normalized spacial score (nSPS) is 14.9. The van der Waals surface area contributed by atoms with Crippen LogP contribution in [0.5, 0.6) is 0 Å². The fourth-order valence-electron chi connectivity index (χ4n) is 3.02. The molecule has 0 fully saturated rings. The largest absolute Gasteiger partial charge is 0.332 e. The van der Waals surface area contributed by atoms with E-state index in [4.69, 9.17) is 0 Å². The van der Waals surface area contributed by atoms with Crippen LogP contribution in [-0.2, 0) is 12.8 Å². The molecular weight excluding hydrogens is 324 g/mol. The van der Waals surface area contributed by atoms with E-state index in [-0.39, 0.29) is 11.9 Å². The van der Waals surface area contributed by atoms with Gasteiger partial charge in [-0.3, -0.25) is 4.79 Å². The number of rotatable bonds is 3. The highest BCUT2D eigenvalue weighted by Gasteiger charge is 2.25. The molecule has 118 valence electrons. The number of thiophene rings is 1. The molecule has 0 saturated carbocycles. The Kier molecular flexibility index (Phi) is 3.70. The van der Waals surface area contributed by atoms with Crippen molar-refractivity contribution in [2.75, 3.05) is 7.05 Å². The lowest BCUT2D eigenvalue weighted by atomic mass is 10.2. The van der Waals surface area contributed by atoms with E-state index in [1.165, 1.54) is 21.6 Å². The molecule has 0 N–H and O–H groups in total. The van der Waals surface area contributed by atoms with Crippen LogP contribution in [0.1, 0.15) is 44.5 Å². The second-order valence-electron chi connectivity index (χ2n) is 6.02. The van der Waals surface area contributed by atoms with E-state index >= 15 is 0 Å². The van der Waals surface area contributed by atoms with Crippen molar-refractivity contribution >= 4 is 38.8 Å². The summed E-state index contributed by atoms with van der Waals surface area (Å²) in [5, 5.41) is 0.992. The van der Waals surface area contributed by atoms with Gasteiger partial charge in [0.05, 0.1) is 21.1 Å². The van der Waals surface area contributed by atoms with Gasteiger partial charge in [0.15, 0.2) is 0 Å². The third kappa shape index (κ3) is 2.58. The maximum Gasteiger partial charge on any atom is 0.264 e. The van der Waals surface area contributed by atoms with E-state index in [2.05, 4.69) is 24.0 Å². The van der Waals surface area contributed by atoms with Gasteiger partial charge in [-0.15, -0.1) is 22.7 Å². The van der Waals surface area contributed by atoms with Crippen LogP contribution in [0.3, 0.4) is 0 Å². The zero-order valence-electron chi connectivity index (χ0n) is 13.2. The van der Waals surface area contributed by atoms with Crippen molar-refractivity contribution in [3.63, 3.8) is 0 Å². The van der Waals surface area contributed by atoms with Gasteiger partial charge >= 0.3 is 0 Å². The van der Waals surface area contributed by atoms with Gasteiger partial charge in [0.1, 0.15) is 5.01 Å². The molecule has 0 saturated heterocycles. The van der Waals surface area contributed by atoms with Crippen LogP contribution in [0.15, 0.2) is 30.3 Å². The topological polar surface area (TPSA) is 33.2 Å². The Morgan fingerprint density at radius 2 is 2.09 bits per heavy atom. The third-order valence-corrected chi connectivity index (χ3v) is 6.96. The smallest absolute Gasteiger partial charge is 0.264 e. The Hall–Kier alpha value is -1.72. The minimum absolute atomic E-state index is 0.0168. The number of carbonyl (C=O) groups excluding carboxylic acids is 1. The van der Waals surface area contributed by atoms with E-state index in [9.17, 15) is 4.79 Å². The summed E-state index contributed by atoms with van der Waals surface area (Å²) in [6.07, 6.45) is 3.48. The fourth-order valence-corrected chi connectivity index (χ4v) is 5.32. The van der Waals surface area contributed by atoms with Crippen LogP contribution in [0.2, 0.25) is 0 Å². The number of aryl methyl sites for hydroxylation is 2. The number of thiazole rings is 1. The first-order valence-corrected chi connectivity index (χ1v) is 9.51. The summed E-state index contributed by atoms with van der Waals surface area (Å²) in [4.78, 5) is 21.6. The molecule has 0 unspecified atom stereocenters. The lowest BCUT2D eigenvalue weighted by molar-refractivity contribution is 0.0747. The van der Waals surface area contributed by atoms with Crippen LogP contribution in [0.4, 0.5) is 0 Å². The van der Waals surface area contributed by atoms with Crippen molar-refractivity contribution in [2.45, 2.75) is 32.2 Å². The lowest BCUT2D eigenvalue weighted by Crippen LogP contribution is -2.29. The molecule has 1 amide bonds. The summed E-state index contributed by atoms with van der Waals surface area (Å²) in [7, 11) is 1.88. The van der Waals surface area contributed by atoms with Gasteiger partial charge in [-0.1, -0.05) is 12.1 Å². The van der Waals surface area contributed by atoms with Crippen LogP contribution in [0.25, 0.3) is 10.2 Å². The summed E-state index contributed by atoms with van der Waals surface area (Å²) in [5.41, 5.74) is 2.38. The van der Waals surface area contributed by atoms with Gasteiger partial charge in [-0.05, 0) is 49.9 Å². The molecular formula is C18H18N2OS2. The molecule has 0 radical (unpaired) electrons. The van der Waals surface area contributed by atoms with Crippen molar-refractivity contribution < 1.29 is 4.79 Å². The molecule has 1 aromatic carbocycles. The number of para-hydroxylation sites is 1. The van der Waals surface area contributed by atoms with E-state index in [0.717, 1.165) is 28.2 Å². The van der Waals surface area contributed by atoms with Crippen molar-refractivity contribution in [1.82, 2.24) is 9.88 Å². The molecule has 0 spiro atoms. The number of carbonyl (C=O) groups is 1. The molecule has 2 aromatic heterocycles. The summed E-state index contributed by atoms with van der Waals surface area (Å²) < 4.78 is 1.17. The highest BCUT2D eigenvalue weighted by molar-refractivity contribution is 7.18. The Balaban J connectivity index is 1.59. The molecule has 1 aliphatic carbocycles. The number of benzene rings is 1. The molecule has 3 aromatic rings. The first kappa shape index (κ1) is 14.8. The molecule has 5 heteroatoms. The van der Waals surface area contributed by atoms with Crippen LogP contribution >= 0.6 is 22.7 Å². The maximum absolute atomic E-state index is 12.8. The van der Waals surface area contributed by atoms with Crippen LogP contribution in [-0.4, -0.2) is 22.8 Å². The molecule has 2 heterocycles. The summed E-state index contributed by atoms with van der Waals surface area (Å²) in [6, 6.07) is 10.2. The van der Waals surface area contributed by atoms with E-state index < -0.39 is 0 Å². The molecule has 0 bridgehead atoms. The third-order valence-electron chi connectivity index (χ3n) is 4.53. The zero-order chi connectivity index (χ0) is 16.0. The minimum atomic E-state index is -0.0168. The fraction of sp³-hybridized carbons (Fsp3) is 0.333. The number of aromatic nitrogens is 1. The predicted molar refractivity (Wildman–Crippen MR) is 96.5 cm³/mol. The van der Waals surface area contributed by atoms with Crippen molar-refractivity contribution in [1.29, 1.82) is 0 Å². The second kappa shape index (κ2) is 5.73. The van der Waals surface area contributed by atoms with Gasteiger partial charge in [0.25, 0.3) is 5.91 Å². The maximum atomic E-state index is 12.8. The Morgan fingerprint density at radius 3 is 2.87 bits per heavy atom. The molecule has 23 heavy (non-hydrogen) atoms. The van der Waals surface area contributed by atoms with E-state index in [1.807, 2.05) is 30.1 Å². The van der Waals surface area contributed by atoms with Gasteiger partial charge in [-0.25, -0.2) is 4.98 Å². The number of hydrogen-bond donors (Lipinski definition) is 0. The quantitative estimate of drug-likeness (QED) is 0.692. The monoisotopic (exact) mass is 342 g/mol. The van der Waals surface area contributed by atoms with Crippen LogP contribution < -0.4 is 0 Å². The molecule has 0 aliphatic heterocycles. The number of amides is 1. The number of nitrogens with zero attached hydrogens (tertiary/aromatic N) is 2. The summed E-state index contributed by atoms with van der Waals surface area (Å²) >= 11 is 3.34. The highest BCUT2D eigenvalue weighted by atomic mass is 32.1. The molecule has 3 nitrogen and oxygen atoms in total. The van der Waals surface area contributed by atoms with Crippen molar-refractivity contribution in [3.8, 4) is 0 Å². The minimum Gasteiger partial charge on any atom is -0.332 e. The summed E-state index contributed by atoms with van der Waals surface area (Å²) in [5.74, 6) is 0.108. The first-order valence-electron chi connectivity index (χ1n) is 7.87. The second-order valence-corrected chi connectivity index (χ2v) is 8.22. The van der Waals surface area contributed by atoms with Crippen molar-refractivity contribution in [2.24, 2.45) is 0 Å². The molecule has 1 aliphatic rings. The average Bonchev–Trinajstić information content (AvgIpc) is 3.25. The Labute approximate surface area is 143 Å². The Bertz CT molecular complexity index is 826.